The van der Waals surface area contributed by atoms with Gasteiger partial charge in [-0.3, -0.25) is 4.98 Å². The average molecular weight is 272 g/mol. The van der Waals surface area contributed by atoms with Crippen LogP contribution in [0.3, 0.4) is 0 Å². The summed E-state index contributed by atoms with van der Waals surface area (Å²) in [5.41, 5.74) is 3.47. The van der Waals surface area contributed by atoms with Gasteiger partial charge in [-0.15, -0.1) is 0 Å². The highest BCUT2D eigenvalue weighted by Gasteiger charge is 2.08. The smallest absolute Gasteiger partial charge is 0.203 e. The van der Waals surface area contributed by atoms with Crippen LogP contribution in [0.4, 0.5) is 5.95 Å². The van der Waals surface area contributed by atoms with Crippen molar-refractivity contribution in [3.8, 4) is 0 Å². The summed E-state index contributed by atoms with van der Waals surface area (Å²) in [6.07, 6.45) is 7.31. The van der Waals surface area contributed by atoms with Crippen LogP contribution in [0.2, 0.25) is 0 Å². The Balaban J connectivity index is 2.15. The van der Waals surface area contributed by atoms with Crippen LogP contribution in [0.25, 0.3) is 0 Å². The number of hydrogen-bond acceptors (Lipinski definition) is 3. The first-order chi connectivity index (χ1) is 9.74. The normalized spacial score (nSPS) is 10.8. The topological polar surface area (TPSA) is 42.7 Å². The summed E-state index contributed by atoms with van der Waals surface area (Å²) >= 11 is 0. The number of nitrogens with zero attached hydrogens (tertiary/aromatic N) is 3. The number of rotatable bonds is 7. The minimum Gasteiger partial charge on any atom is -0.356 e. The van der Waals surface area contributed by atoms with Crippen molar-refractivity contribution in [2.45, 2.75) is 46.6 Å². The van der Waals surface area contributed by atoms with Gasteiger partial charge < -0.3 is 9.88 Å². The van der Waals surface area contributed by atoms with E-state index in [0.29, 0.717) is 0 Å². The summed E-state index contributed by atoms with van der Waals surface area (Å²) in [5.74, 6) is 0.948. The van der Waals surface area contributed by atoms with E-state index < -0.39 is 0 Å². The van der Waals surface area contributed by atoms with Gasteiger partial charge in [0, 0.05) is 18.9 Å². The molecule has 0 bridgehead atoms. The zero-order valence-electron chi connectivity index (χ0n) is 12.7. The third-order valence-electron chi connectivity index (χ3n) is 3.40. The first-order valence-corrected chi connectivity index (χ1v) is 7.45. The van der Waals surface area contributed by atoms with Crippen LogP contribution < -0.4 is 5.32 Å². The number of nitrogens with one attached hydrogen (secondary N) is 1. The van der Waals surface area contributed by atoms with E-state index in [1.165, 1.54) is 12.0 Å². The average Bonchev–Trinajstić information content (AvgIpc) is 2.80. The van der Waals surface area contributed by atoms with Crippen molar-refractivity contribution >= 4 is 5.95 Å². The second-order valence-electron chi connectivity index (χ2n) is 5.08. The molecule has 2 aromatic rings. The Labute approximate surface area is 121 Å². The lowest BCUT2D eigenvalue weighted by atomic mass is 10.1. The Kier molecular flexibility index (Phi) is 5.16. The van der Waals surface area contributed by atoms with Crippen molar-refractivity contribution in [1.82, 2.24) is 14.5 Å². The fourth-order valence-corrected chi connectivity index (χ4v) is 2.28. The molecule has 0 amide bonds. The number of imidazole rings is 1. The number of aromatic nitrogens is 3. The van der Waals surface area contributed by atoms with Gasteiger partial charge in [0.2, 0.25) is 5.95 Å². The molecule has 0 saturated heterocycles. The Bertz CT molecular complexity index is 545. The fourth-order valence-electron chi connectivity index (χ4n) is 2.28. The lowest BCUT2D eigenvalue weighted by Crippen LogP contribution is -2.11. The molecule has 0 aliphatic carbocycles. The molecule has 108 valence electrons. The summed E-state index contributed by atoms with van der Waals surface area (Å²) in [6, 6.07) is 4.15. The molecule has 4 heteroatoms. The molecular formula is C16H24N4. The lowest BCUT2D eigenvalue weighted by Gasteiger charge is -2.11. The number of pyridine rings is 1. The molecule has 0 aliphatic rings. The van der Waals surface area contributed by atoms with Gasteiger partial charge in [0.25, 0.3) is 0 Å². The highest BCUT2D eigenvalue weighted by Crippen LogP contribution is 2.14. The molecule has 1 N–H and O–H groups in total. The molecule has 0 aliphatic heterocycles. The Hall–Kier alpha value is -1.84. The van der Waals surface area contributed by atoms with Crippen molar-refractivity contribution in [3.63, 3.8) is 0 Å². The summed E-state index contributed by atoms with van der Waals surface area (Å²) in [5, 5.41) is 3.42. The van der Waals surface area contributed by atoms with Crippen LogP contribution in [-0.4, -0.2) is 21.1 Å². The summed E-state index contributed by atoms with van der Waals surface area (Å²) in [6.45, 7) is 8.14. The molecule has 0 fully saturated rings. The van der Waals surface area contributed by atoms with Crippen LogP contribution in [0.15, 0.2) is 24.5 Å². The molecule has 4 nitrogen and oxygen atoms in total. The van der Waals surface area contributed by atoms with Crippen LogP contribution in [-0.2, 0) is 13.0 Å². The van der Waals surface area contributed by atoms with Crippen molar-refractivity contribution < 1.29 is 0 Å². The first kappa shape index (κ1) is 14.6. The molecule has 2 heterocycles. The summed E-state index contributed by atoms with van der Waals surface area (Å²) < 4.78 is 2.16. The predicted octanol–water partition coefficient (Wildman–Crippen LogP) is 3.41. The molecule has 0 spiro atoms. The number of unbranched alkanes of at least 4 members (excludes halogenated alkanes) is 1. The van der Waals surface area contributed by atoms with E-state index in [1.54, 1.807) is 0 Å². The zero-order valence-corrected chi connectivity index (χ0v) is 12.7. The van der Waals surface area contributed by atoms with Crippen LogP contribution in [0.1, 0.15) is 43.6 Å². The quantitative estimate of drug-likeness (QED) is 0.785. The standard InChI is InChI=1S/C16H24N4/c1-4-6-9-18-16-19-13(3)11-20(16)12-15-14(5-2)8-7-10-17-15/h7-8,10-11H,4-6,9,12H2,1-3H3,(H,18,19). The summed E-state index contributed by atoms with van der Waals surface area (Å²) in [7, 11) is 0. The third kappa shape index (κ3) is 3.59. The van der Waals surface area contributed by atoms with Gasteiger partial charge in [0.1, 0.15) is 0 Å². The minimum atomic E-state index is 0.777. The van der Waals surface area contributed by atoms with Crippen LogP contribution in [0.5, 0.6) is 0 Å². The Morgan fingerprint density at radius 3 is 2.90 bits per heavy atom. The Morgan fingerprint density at radius 2 is 2.15 bits per heavy atom. The molecule has 0 unspecified atom stereocenters. The van der Waals surface area contributed by atoms with E-state index >= 15 is 0 Å². The zero-order chi connectivity index (χ0) is 14.4. The van der Waals surface area contributed by atoms with Gasteiger partial charge in [0.05, 0.1) is 17.9 Å². The van der Waals surface area contributed by atoms with E-state index in [4.69, 9.17) is 0 Å². The van der Waals surface area contributed by atoms with Crippen molar-refractivity contribution in [3.05, 3.63) is 41.5 Å². The second-order valence-corrected chi connectivity index (χ2v) is 5.08. The van der Waals surface area contributed by atoms with Gasteiger partial charge in [-0.1, -0.05) is 26.3 Å². The first-order valence-electron chi connectivity index (χ1n) is 7.45. The fraction of sp³-hybridized carbons (Fsp3) is 0.500. The molecule has 2 aromatic heterocycles. The highest BCUT2D eigenvalue weighted by atomic mass is 15.2. The largest absolute Gasteiger partial charge is 0.356 e. The monoisotopic (exact) mass is 272 g/mol. The number of anilines is 1. The predicted molar refractivity (Wildman–Crippen MR) is 83.1 cm³/mol. The molecular weight excluding hydrogens is 248 g/mol. The highest BCUT2D eigenvalue weighted by molar-refractivity contribution is 5.31. The third-order valence-corrected chi connectivity index (χ3v) is 3.40. The van der Waals surface area contributed by atoms with E-state index in [1.807, 2.05) is 19.2 Å². The maximum absolute atomic E-state index is 4.56. The van der Waals surface area contributed by atoms with Gasteiger partial charge in [-0.25, -0.2) is 4.98 Å². The SMILES string of the molecule is CCCCNc1nc(C)cn1Cc1ncccc1CC. The number of aryl methyl sites for hydroxylation is 2. The molecule has 20 heavy (non-hydrogen) atoms. The van der Waals surface area contributed by atoms with E-state index in [2.05, 4.69) is 46.0 Å². The van der Waals surface area contributed by atoms with Crippen molar-refractivity contribution in [1.29, 1.82) is 0 Å². The van der Waals surface area contributed by atoms with Crippen LogP contribution in [0, 0.1) is 6.92 Å². The lowest BCUT2D eigenvalue weighted by molar-refractivity contribution is 0.751. The molecule has 0 atom stereocenters. The van der Waals surface area contributed by atoms with Crippen molar-refractivity contribution in [2.75, 3.05) is 11.9 Å². The van der Waals surface area contributed by atoms with Gasteiger partial charge >= 0.3 is 0 Å². The Morgan fingerprint density at radius 1 is 1.30 bits per heavy atom. The van der Waals surface area contributed by atoms with E-state index in [-0.39, 0.29) is 0 Å². The van der Waals surface area contributed by atoms with Gasteiger partial charge in [-0.2, -0.15) is 0 Å². The van der Waals surface area contributed by atoms with E-state index in [0.717, 1.165) is 43.3 Å². The molecule has 2 rings (SSSR count). The molecule has 0 radical (unpaired) electrons. The molecule has 0 aromatic carbocycles. The van der Waals surface area contributed by atoms with E-state index in [9.17, 15) is 0 Å². The number of hydrogen-bond donors (Lipinski definition) is 1. The van der Waals surface area contributed by atoms with Crippen molar-refractivity contribution in [2.24, 2.45) is 0 Å². The maximum atomic E-state index is 4.56. The molecule has 0 saturated carbocycles. The van der Waals surface area contributed by atoms with Gasteiger partial charge in [0.15, 0.2) is 0 Å². The minimum absolute atomic E-state index is 0.777. The summed E-state index contributed by atoms with van der Waals surface area (Å²) in [4.78, 5) is 9.07. The van der Waals surface area contributed by atoms with Crippen LogP contribution >= 0.6 is 0 Å². The maximum Gasteiger partial charge on any atom is 0.203 e. The van der Waals surface area contributed by atoms with Gasteiger partial charge in [-0.05, 0) is 31.4 Å². The second kappa shape index (κ2) is 7.08.